The first kappa shape index (κ1) is 25.3. The van der Waals surface area contributed by atoms with E-state index in [4.69, 9.17) is 30.5 Å². The Bertz CT molecular complexity index is 1220. The van der Waals surface area contributed by atoms with E-state index in [2.05, 4.69) is 9.82 Å². The second-order valence-electron chi connectivity index (χ2n) is 9.10. The van der Waals surface area contributed by atoms with Crippen LogP contribution >= 0.6 is 11.6 Å². The van der Waals surface area contributed by atoms with Crippen molar-refractivity contribution < 1.29 is 43.6 Å². The van der Waals surface area contributed by atoms with Crippen LogP contribution < -0.4 is 4.74 Å². The molecule has 0 saturated carbocycles. The van der Waals surface area contributed by atoms with Gasteiger partial charge in [-0.1, -0.05) is 23.7 Å². The summed E-state index contributed by atoms with van der Waals surface area (Å²) in [7, 11) is 0. The second-order valence-corrected chi connectivity index (χ2v) is 9.54. The molecule has 1 aromatic heterocycles. The van der Waals surface area contributed by atoms with Gasteiger partial charge >= 0.3 is 11.9 Å². The lowest BCUT2D eigenvalue weighted by atomic mass is 9.85. The average molecular weight is 535 g/mol. The van der Waals surface area contributed by atoms with Crippen molar-refractivity contribution in [3.05, 3.63) is 68.0 Å². The van der Waals surface area contributed by atoms with E-state index in [1.807, 2.05) is 12.1 Å². The number of hydrogen-bond donors (Lipinski definition) is 1. The van der Waals surface area contributed by atoms with Crippen LogP contribution in [-0.4, -0.2) is 58.6 Å². The zero-order valence-electron chi connectivity index (χ0n) is 19.6. The maximum absolute atomic E-state index is 13.4. The lowest BCUT2D eigenvalue weighted by molar-refractivity contribution is -0.769. The molecule has 0 amide bonds. The van der Waals surface area contributed by atoms with Crippen molar-refractivity contribution in [2.45, 2.75) is 44.4 Å². The molecule has 12 nitrogen and oxygen atoms in total. The SMILES string of the molecule is Cc1ncc2c(c1OC(=O)C(CC(=O)O)[C@H]1CO[C@H]3[C@@H]1OC[C@H]3O[N+](=O)[O-])CO[C@H]2c1ccc(Cl)cc1. The maximum atomic E-state index is 13.4. The van der Waals surface area contributed by atoms with Crippen LogP contribution in [0.4, 0.5) is 0 Å². The van der Waals surface area contributed by atoms with E-state index in [9.17, 15) is 24.8 Å². The summed E-state index contributed by atoms with van der Waals surface area (Å²) >= 11 is 6.00. The fourth-order valence-corrected chi connectivity index (χ4v) is 5.27. The Kier molecular flexibility index (Phi) is 6.99. The van der Waals surface area contributed by atoms with Gasteiger partial charge in [0.1, 0.15) is 12.2 Å². The van der Waals surface area contributed by atoms with Gasteiger partial charge in [-0.25, -0.2) is 0 Å². The van der Waals surface area contributed by atoms with E-state index in [-0.39, 0.29) is 25.6 Å². The highest BCUT2D eigenvalue weighted by atomic mass is 35.5. The molecule has 13 heteroatoms. The Hall–Kier alpha value is -3.32. The highest BCUT2D eigenvalue weighted by Crippen LogP contribution is 2.42. The van der Waals surface area contributed by atoms with Crippen LogP contribution in [0, 0.1) is 28.9 Å². The third-order valence-electron chi connectivity index (χ3n) is 6.88. The molecule has 1 unspecified atom stereocenters. The van der Waals surface area contributed by atoms with E-state index in [1.54, 1.807) is 25.3 Å². The Labute approximate surface area is 215 Å². The summed E-state index contributed by atoms with van der Waals surface area (Å²) in [6, 6.07) is 7.18. The number of aromatic nitrogens is 1. The summed E-state index contributed by atoms with van der Waals surface area (Å²) in [4.78, 5) is 44.8. The minimum atomic E-state index is -1.21. The number of nitrogens with zero attached hydrogens (tertiary/aromatic N) is 2. The number of esters is 1. The van der Waals surface area contributed by atoms with Gasteiger partial charge in [-0.2, -0.15) is 0 Å². The lowest BCUT2D eigenvalue weighted by Crippen LogP contribution is -2.38. The van der Waals surface area contributed by atoms with Crippen LogP contribution in [0.25, 0.3) is 0 Å². The Balaban J connectivity index is 1.38. The van der Waals surface area contributed by atoms with Crippen molar-refractivity contribution in [3.8, 4) is 5.75 Å². The van der Waals surface area contributed by atoms with Gasteiger partial charge in [-0.05, 0) is 24.6 Å². The number of carboxylic acid groups (broad SMARTS) is 1. The molecule has 2 saturated heterocycles. The van der Waals surface area contributed by atoms with Crippen LogP contribution in [-0.2, 0) is 35.2 Å². The molecule has 0 spiro atoms. The summed E-state index contributed by atoms with van der Waals surface area (Å²) in [5, 5.41) is 19.9. The van der Waals surface area contributed by atoms with Gasteiger partial charge in [0, 0.05) is 28.3 Å². The van der Waals surface area contributed by atoms with Crippen LogP contribution in [0.15, 0.2) is 30.5 Å². The zero-order valence-corrected chi connectivity index (χ0v) is 20.3. The molecule has 1 aromatic carbocycles. The number of benzene rings is 1. The molecule has 3 aliphatic rings. The third kappa shape index (κ3) is 4.97. The molecule has 0 aliphatic carbocycles. The number of rotatable bonds is 8. The molecule has 196 valence electrons. The van der Waals surface area contributed by atoms with Gasteiger partial charge in [0.15, 0.2) is 11.9 Å². The van der Waals surface area contributed by atoms with Crippen molar-refractivity contribution in [1.82, 2.24) is 4.98 Å². The molecule has 0 bridgehead atoms. The van der Waals surface area contributed by atoms with Gasteiger partial charge in [-0.15, -0.1) is 10.1 Å². The number of pyridine rings is 1. The highest BCUT2D eigenvalue weighted by molar-refractivity contribution is 6.30. The van der Waals surface area contributed by atoms with Crippen LogP contribution in [0.2, 0.25) is 5.02 Å². The predicted octanol–water partition coefficient (Wildman–Crippen LogP) is 2.65. The smallest absolute Gasteiger partial charge is 0.315 e. The maximum Gasteiger partial charge on any atom is 0.315 e. The van der Waals surface area contributed by atoms with E-state index in [1.165, 1.54) is 0 Å². The summed E-state index contributed by atoms with van der Waals surface area (Å²) in [5.74, 6) is -3.61. The van der Waals surface area contributed by atoms with Crippen LogP contribution in [0.5, 0.6) is 5.75 Å². The van der Waals surface area contributed by atoms with E-state index >= 15 is 0 Å². The monoisotopic (exact) mass is 534 g/mol. The number of carbonyl (C=O) groups excluding carboxylic acids is 1. The molecule has 3 aliphatic heterocycles. The number of halogens is 1. The first-order chi connectivity index (χ1) is 17.7. The molecular formula is C24H23ClN2O10. The summed E-state index contributed by atoms with van der Waals surface area (Å²) in [5.41, 5.74) is 2.67. The Morgan fingerprint density at radius 3 is 2.65 bits per heavy atom. The summed E-state index contributed by atoms with van der Waals surface area (Å²) in [6.45, 7) is 1.70. The largest absolute Gasteiger partial charge is 0.481 e. The van der Waals surface area contributed by atoms with Gasteiger partial charge in [0.25, 0.3) is 5.09 Å². The first-order valence-electron chi connectivity index (χ1n) is 11.6. The minimum absolute atomic E-state index is 0.0359. The number of aliphatic carboxylic acids is 1. The number of aryl methyl sites for hydroxylation is 1. The van der Waals surface area contributed by atoms with Crippen molar-refractivity contribution in [2.75, 3.05) is 13.2 Å². The van der Waals surface area contributed by atoms with Crippen molar-refractivity contribution in [3.63, 3.8) is 0 Å². The molecule has 1 N–H and O–H groups in total. The predicted molar refractivity (Wildman–Crippen MR) is 123 cm³/mol. The van der Waals surface area contributed by atoms with Crippen molar-refractivity contribution >= 4 is 23.5 Å². The number of hydrogen-bond acceptors (Lipinski definition) is 10. The fraction of sp³-hybridized carbons (Fsp3) is 0.458. The van der Waals surface area contributed by atoms with E-state index < -0.39 is 59.7 Å². The number of carboxylic acids is 1. The minimum Gasteiger partial charge on any atom is -0.481 e. The number of fused-ring (bicyclic) bond motifs is 2. The summed E-state index contributed by atoms with van der Waals surface area (Å²) < 4.78 is 23.0. The number of ether oxygens (including phenoxy) is 4. The van der Waals surface area contributed by atoms with Gasteiger partial charge < -0.3 is 28.9 Å². The number of carbonyl (C=O) groups is 2. The zero-order chi connectivity index (χ0) is 26.3. The summed E-state index contributed by atoms with van der Waals surface area (Å²) in [6.07, 6.45) is -1.80. The van der Waals surface area contributed by atoms with E-state index in [0.29, 0.717) is 16.3 Å². The van der Waals surface area contributed by atoms with Gasteiger partial charge in [0.05, 0.1) is 44.0 Å². The molecule has 2 fully saturated rings. The van der Waals surface area contributed by atoms with Crippen molar-refractivity contribution in [1.29, 1.82) is 0 Å². The Morgan fingerprint density at radius 1 is 1.22 bits per heavy atom. The Morgan fingerprint density at radius 2 is 1.95 bits per heavy atom. The molecule has 4 heterocycles. The quantitative estimate of drug-likeness (QED) is 0.301. The normalized spacial score (nSPS) is 26.8. The van der Waals surface area contributed by atoms with Crippen LogP contribution in [0.1, 0.15) is 34.9 Å². The topological polar surface area (TPSA) is 157 Å². The first-order valence-corrected chi connectivity index (χ1v) is 11.9. The molecule has 37 heavy (non-hydrogen) atoms. The van der Waals surface area contributed by atoms with Gasteiger partial charge in [0.2, 0.25) is 0 Å². The lowest BCUT2D eigenvalue weighted by Gasteiger charge is -2.24. The average Bonchev–Trinajstić information content (AvgIpc) is 3.56. The fourth-order valence-electron chi connectivity index (χ4n) is 5.15. The molecule has 0 radical (unpaired) electrons. The highest BCUT2D eigenvalue weighted by Gasteiger charge is 2.53. The second kappa shape index (κ2) is 10.2. The van der Waals surface area contributed by atoms with Gasteiger partial charge in [-0.3, -0.25) is 14.6 Å². The molecule has 6 atom stereocenters. The third-order valence-corrected chi connectivity index (χ3v) is 7.13. The van der Waals surface area contributed by atoms with E-state index in [0.717, 1.165) is 11.1 Å². The molecule has 2 aromatic rings. The molecule has 5 rings (SSSR count). The van der Waals surface area contributed by atoms with Crippen molar-refractivity contribution in [2.24, 2.45) is 11.8 Å². The van der Waals surface area contributed by atoms with Crippen LogP contribution in [0.3, 0.4) is 0 Å². The standard InChI is InChI=1S/C24H23ClN2O10/c1-11-20(17-9-33-21(15(17)7-26-11)12-2-4-13(25)5-3-12)36-24(30)14(6-19(28)29)16-8-34-23-18(37-27(31)32)10-35-22(16)23/h2-5,7,14,16,18,21-23H,6,8-10H2,1H3,(H,28,29)/t14?,16-,18-,21+,22-,23-/m1/s1. The molecular weight excluding hydrogens is 512 g/mol.